The van der Waals surface area contributed by atoms with E-state index in [0.29, 0.717) is 18.7 Å². The number of carbonyl (C=O) groups excluding carboxylic acids is 1. The third-order valence-corrected chi connectivity index (χ3v) is 6.06. The monoisotopic (exact) mass is 380 g/mol. The van der Waals surface area contributed by atoms with Crippen LogP contribution in [0.5, 0.6) is 5.75 Å². The highest BCUT2D eigenvalue weighted by Gasteiger charge is 2.31. The van der Waals surface area contributed by atoms with E-state index in [1.807, 2.05) is 20.8 Å². The summed E-state index contributed by atoms with van der Waals surface area (Å²) >= 11 is 0. The fourth-order valence-electron chi connectivity index (χ4n) is 2.80. The van der Waals surface area contributed by atoms with Crippen molar-refractivity contribution in [3.05, 3.63) is 29.1 Å². The molecular formula is C17H24N4O4S. The SMILES string of the molecule is CCN(CC)C(=O)n1cnc(S(=O)(=O)c2c(C)cc(C)c(C)c2OC)n1. The van der Waals surface area contributed by atoms with Crippen molar-refractivity contribution in [2.75, 3.05) is 20.2 Å². The first kappa shape index (κ1) is 19.9. The van der Waals surface area contributed by atoms with Crippen LogP contribution in [0.1, 0.15) is 30.5 Å². The van der Waals surface area contributed by atoms with E-state index < -0.39 is 21.0 Å². The number of ether oxygens (including phenoxy) is 1. The number of nitrogens with zero attached hydrogens (tertiary/aromatic N) is 4. The fourth-order valence-corrected chi connectivity index (χ4v) is 4.33. The van der Waals surface area contributed by atoms with Gasteiger partial charge in [0.05, 0.1) is 7.11 Å². The molecule has 1 amide bonds. The average molecular weight is 380 g/mol. The third kappa shape index (κ3) is 3.31. The molecule has 0 aliphatic rings. The molecule has 1 aromatic carbocycles. The minimum Gasteiger partial charge on any atom is -0.495 e. The molecule has 0 bridgehead atoms. The highest BCUT2D eigenvalue weighted by atomic mass is 32.2. The van der Waals surface area contributed by atoms with Crippen LogP contribution in [0.15, 0.2) is 22.4 Å². The standard InChI is InChI=1S/C17H24N4O4S/c1-7-20(8-2)17(22)21-10-18-16(19-21)26(23,24)15-12(4)9-11(3)13(5)14(15)25-6/h9-10H,7-8H2,1-6H3. The van der Waals surface area contributed by atoms with Gasteiger partial charge < -0.3 is 9.64 Å². The molecule has 1 aromatic heterocycles. The zero-order valence-corrected chi connectivity index (χ0v) is 16.7. The number of aromatic nitrogens is 3. The van der Waals surface area contributed by atoms with Crippen molar-refractivity contribution in [2.45, 2.75) is 44.7 Å². The van der Waals surface area contributed by atoms with Crippen LogP contribution in [0, 0.1) is 20.8 Å². The van der Waals surface area contributed by atoms with E-state index in [9.17, 15) is 13.2 Å². The van der Waals surface area contributed by atoms with E-state index in [0.717, 1.165) is 22.1 Å². The van der Waals surface area contributed by atoms with Gasteiger partial charge in [-0.25, -0.2) is 18.2 Å². The third-order valence-electron chi connectivity index (χ3n) is 4.34. The smallest absolute Gasteiger partial charge is 0.346 e. The Labute approximate surface area is 153 Å². The minimum absolute atomic E-state index is 0.0242. The molecule has 0 atom stereocenters. The molecular weight excluding hydrogens is 356 g/mol. The lowest BCUT2D eigenvalue weighted by Gasteiger charge is -2.17. The van der Waals surface area contributed by atoms with Gasteiger partial charge in [0.2, 0.25) is 9.84 Å². The second-order valence-electron chi connectivity index (χ2n) is 5.93. The first-order chi connectivity index (χ1) is 12.2. The van der Waals surface area contributed by atoms with E-state index in [4.69, 9.17) is 4.74 Å². The van der Waals surface area contributed by atoms with E-state index >= 15 is 0 Å². The number of benzene rings is 1. The van der Waals surface area contributed by atoms with Gasteiger partial charge in [-0.3, -0.25) is 0 Å². The van der Waals surface area contributed by atoms with Crippen LogP contribution in [0.25, 0.3) is 0 Å². The molecule has 9 heteroatoms. The second kappa shape index (κ2) is 7.45. The van der Waals surface area contributed by atoms with Crippen LogP contribution in [0.2, 0.25) is 0 Å². The topological polar surface area (TPSA) is 94.4 Å². The van der Waals surface area contributed by atoms with Gasteiger partial charge in [0.15, 0.2) is 0 Å². The summed E-state index contributed by atoms with van der Waals surface area (Å²) in [6, 6.07) is 1.36. The molecule has 0 aliphatic heterocycles. The van der Waals surface area contributed by atoms with Crippen molar-refractivity contribution in [2.24, 2.45) is 0 Å². The van der Waals surface area contributed by atoms with Crippen molar-refractivity contribution in [3.63, 3.8) is 0 Å². The van der Waals surface area contributed by atoms with E-state index in [1.54, 1.807) is 19.9 Å². The molecule has 0 unspecified atom stereocenters. The Morgan fingerprint density at radius 3 is 2.35 bits per heavy atom. The molecule has 8 nitrogen and oxygen atoms in total. The minimum atomic E-state index is -4.04. The molecule has 142 valence electrons. The Bertz CT molecular complexity index is 930. The van der Waals surface area contributed by atoms with Crippen molar-refractivity contribution in [1.82, 2.24) is 19.7 Å². The largest absolute Gasteiger partial charge is 0.495 e. The first-order valence-electron chi connectivity index (χ1n) is 8.29. The fraction of sp³-hybridized carbons (Fsp3) is 0.471. The molecule has 0 saturated carbocycles. The number of methoxy groups -OCH3 is 1. The van der Waals surface area contributed by atoms with Crippen LogP contribution in [-0.4, -0.2) is 54.3 Å². The summed E-state index contributed by atoms with van der Waals surface area (Å²) in [7, 11) is -2.62. The molecule has 0 N–H and O–H groups in total. The summed E-state index contributed by atoms with van der Waals surface area (Å²) in [5.41, 5.74) is 2.19. The summed E-state index contributed by atoms with van der Waals surface area (Å²) in [5, 5.41) is 3.49. The normalized spacial score (nSPS) is 11.5. The van der Waals surface area contributed by atoms with Crippen LogP contribution in [0.3, 0.4) is 0 Å². The Morgan fingerprint density at radius 1 is 1.19 bits per heavy atom. The number of hydrogen-bond donors (Lipinski definition) is 0. The van der Waals surface area contributed by atoms with Crippen molar-refractivity contribution < 1.29 is 17.9 Å². The molecule has 0 aliphatic carbocycles. The van der Waals surface area contributed by atoms with E-state index in [2.05, 4.69) is 10.1 Å². The quantitative estimate of drug-likeness (QED) is 0.790. The number of rotatable bonds is 5. The Kier molecular flexibility index (Phi) is 5.70. The van der Waals surface area contributed by atoms with E-state index in [-0.39, 0.29) is 10.6 Å². The van der Waals surface area contributed by atoms with Gasteiger partial charge in [-0.2, -0.15) is 4.68 Å². The number of amides is 1. The molecule has 0 fully saturated rings. The molecule has 26 heavy (non-hydrogen) atoms. The predicted molar refractivity (Wildman–Crippen MR) is 96.4 cm³/mol. The Balaban J connectivity index is 2.57. The Hall–Kier alpha value is -2.42. The molecule has 0 saturated heterocycles. The number of hydrogen-bond acceptors (Lipinski definition) is 6. The summed E-state index contributed by atoms with van der Waals surface area (Å²) in [6.45, 7) is 10.0. The lowest BCUT2D eigenvalue weighted by molar-refractivity contribution is 0.201. The van der Waals surface area contributed by atoms with Gasteiger partial charge >= 0.3 is 6.03 Å². The Morgan fingerprint density at radius 2 is 1.81 bits per heavy atom. The van der Waals surface area contributed by atoms with Crippen LogP contribution in [0.4, 0.5) is 4.79 Å². The molecule has 0 radical (unpaired) electrons. The lowest BCUT2D eigenvalue weighted by atomic mass is 10.1. The maximum absolute atomic E-state index is 13.1. The first-order valence-corrected chi connectivity index (χ1v) is 9.78. The number of aryl methyl sites for hydroxylation is 2. The lowest BCUT2D eigenvalue weighted by Crippen LogP contribution is -2.34. The highest BCUT2D eigenvalue weighted by molar-refractivity contribution is 7.91. The van der Waals surface area contributed by atoms with Gasteiger partial charge in [-0.15, -0.1) is 5.10 Å². The molecule has 0 spiro atoms. The van der Waals surface area contributed by atoms with Gasteiger partial charge in [0, 0.05) is 13.1 Å². The van der Waals surface area contributed by atoms with Gasteiger partial charge in [-0.05, 0) is 51.3 Å². The molecule has 2 aromatic rings. The zero-order valence-electron chi connectivity index (χ0n) is 15.9. The molecule has 2 rings (SSSR count). The molecule has 1 heterocycles. The second-order valence-corrected chi connectivity index (χ2v) is 7.71. The van der Waals surface area contributed by atoms with Crippen LogP contribution in [-0.2, 0) is 9.84 Å². The summed E-state index contributed by atoms with van der Waals surface area (Å²) < 4.78 is 32.5. The van der Waals surface area contributed by atoms with Gasteiger partial charge in [-0.1, -0.05) is 6.07 Å². The van der Waals surface area contributed by atoms with E-state index in [1.165, 1.54) is 12.0 Å². The van der Waals surface area contributed by atoms with Crippen LogP contribution < -0.4 is 4.74 Å². The maximum Gasteiger partial charge on any atom is 0.346 e. The van der Waals surface area contributed by atoms with Crippen molar-refractivity contribution >= 4 is 15.9 Å². The van der Waals surface area contributed by atoms with Crippen molar-refractivity contribution in [1.29, 1.82) is 0 Å². The predicted octanol–water partition coefficient (Wildman–Crippen LogP) is 2.35. The average Bonchev–Trinajstić information content (AvgIpc) is 3.09. The van der Waals surface area contributed by atoms with Gasteiger partial charge in [0.25, 0.3) is 5.16 Å². The zero-order chi connectivity index (χ0) is 19.6. The van der Waals surface area contributed by atoms with Gasteiger partial charge in [0.1, 0.15) is 17.0 Å². The van der Waals surface area contributed by atoms with Crippen LogP contribution >= 0.6 is 0 Å². The summed E-state index contributed by atoms with van der Waals surface area (Å²) in [6.07, 6.45) is 1.12. The summed E-state index contributed by atoms with van der Waals surface area (Å²) in [4.78, 5) is 17.8. The maximum atomic E-state index is 13.1. The number of carbonyl (C=O) groups is 1. The summed E-state index contributed by atoms with van der Waals surface area (Å²) in [5.74, 6) is 0.272. The highest BCUT2D eigenvalue weighted by Crippen LogP contribution is 2.35. The van der Waals surface area contributed by atoms with Crippen molar-refractivity contribution in [3.8, 4) is 5.75 Å². The number of sulfone groups is 1.